The fraction of sp³-hybridized carbons (Fsp3) is 0.0556. The van der Waals surface area contributed by atoms with E-state index in [1.165, 1.54) is 0 Å². The second-order valence-electron chi connectivity index (χ2n) is 5.05. The summed E-state index contributed by atoms with van der Waals surface area (Å²) in [5.74, 6) is -0.285. The van der Waals surface area contributed by atoms with Gasteiger partial charge in [-0.3, -0.25) is 9.48 Å². The largest absolute Gasteiger partial charge is 0.321 e. The van der Waals surface area contributed by atoms with Gasteiger partial charge in [0.1, 0.15) is 0 Å². The lowest BCUT2D eigenvalue weighted by Crippen LogP contribution is -2.12. The van der Waals surface area contributed by atoms with Gasteiger partial charge in [-0.25, -0.2) is 0 Å². The molecule has 0 aliphatic heterocycles. The minimum absolute atomic E-state index is 0.285. The first-order chi connectivity index (χ1) is 11.2. The molecule has 0 saturated heterocycles. The molecule has 3 rings (SSSR count). The molecule has 0 radical (unpaired) electrons. The first-order valence-electron chi connectivity index (χ1n) is 7.08. The highest BCUT2D eigenvalue weighted by Gasteiger charge is 2.14. The van der Waals surface area contributed by atoms with Gasteiger partial charge in [0, 0.05) is 12.7 Å². The zero-order chi connectivity index (χ0) is 16.2. The molecule has 1 amide bonds. The van der Waals surface area contributed by atoms with Crippen LogP contribution < -0.4 is 5.32 Å². The average molecular weight is 302 g/mol. The molecule has 112 valence electrons. The first kappa shape index (κ1) is 14.5. The smallest absolute Gasteiger partial charge is 0.276 e. The zero-order valence-corrected chi connectivity index (χ0v) is 12.5. The molecule has 1 heterocycles. The van der Waals surface area contributed by atoms with Gasteiger partial charge in [0.15, 0.2) is 5.69 Å². The normalized spacial score (nSPS) is 10.1. The van der Waals surface area contributed by atoms with Gasteiger partial charge < -0.3 is 5.32 Å². The van der Waals surface area contributed by atoms with Gasteiger partial charge in [-0.2, -0.15) is 10.4 Å². The highest BCUT2D eigenvalue weighted by atomic mass is 16.1. The van der Waals surface area contributed by atoms with Crippen molar-refractivity contribution in [2.24, 2.45) is 7.05 Å². The van der Waals surface area contributed by atoms with E-state index in [0.29, 0.717) is 16.9 Å². The van der Waals surface area contributed by atoms with Crippen LogP contribution in [-0.4, -0.2) is 15.7 Å². The standard InChI is InChI=1S/C18H14N4O/c1-22-17(14-5-3-2-4-6-14)11-16(21-22)18(23)20-15-9-7-13(12-19)8-10-15/h2-11H,1H3,(H,20,23). The minimum atomic E-state index is -0.285. The quantitative estimate of drug-likeness (QED) is 0.807. The maximum Gasteiger partial charge on any atom is 0.276 e. The molecular weight excluding hydrogens is 288 g/mol. The molecule has 0 aliphatic carbocycles. The van der Waals surface area contributed by atoms with Crippen LogP contribution in [0, 0.1) is 11.3 Å². The van der Waals surface area contributed by atoms with Crippen LogP contribution in [-0.2, 0) is 7.05 Å². The Hall–Kier alpha value is -3.39. The molecule has 0 bridgehead atoms. The summed E-state index contributed by atoms with van der Waals surface area (Å²) in [6.45, 7) is 0. The predicted octanol–water partition coefficient (Wildman–Crippen LogP) is 3.21. The van der Waals surface area contributed by atoms with Gasteiger partial charge >= 0.3 is 0 Å². The fourth-order valence-corrected chi connectivity index (χ4v) is 2.28. The Morgan fingerprint density at radius 2 is 1.83 bits per heavy atom. The van der Waals surface area contributed by atoms with Crippen LogP contribution in [0.1, 0.15) is 16.1 Å². The number of rotatable bonds is 3. The fourth-order valence-electron chi connectivity index (χ4n) is 2.28. The van der Waals surface area contributed by atoms with E-state index < -0.39 is 0 Å². The Labute approximate surface area is 133 Å². The number of nitrogens with zero attached hydrogens (tertiary/aromatic N) is 3. The van der Waals surface area contributed by atoms with E-state index in [2.05, 4.69) is 10.4 Å². The molecule has 0 spiro atoms. The summed E-state index contributed by atoms with van der Waals surface area (Å²) in [4.78, 5) is 12.3. The molecule has 5 nitrogen and oxygen atoms in total. The molecule has 0 saturated carbocycles. The molecule has 5 heteroatoms. The summed E-state index contributed by atoms with van der Waals surface area (Å²) in [5, 5.41) is 15.8. The third-order valence-electron chi connectivity index (χ3n) is 3.45. The zero-order valence-electron chi connectivity index (χ0n) is 12.5. The first-order valence-corrected chi connectivity index (χ1v) is 7.08. The molecule has 1 aromatic heterocycles. The number of aryl methyl sites for hydroxylation is 1. The van der Waals surface area contributed by atoms with Gasteiger partial charge in [-0.05, 0) is 35.9 Å². The molecular formula is C18H14N4O. The topological polar surface area (TPSA) is 70.7 Å². The van der Waals surface area contributed by atoms with Crippen molar-refractivity contribution in [3.63, 3.8) is 0 Å². The number of benzene rings is 2. The van der Waals surface area contributed by atoms with Crippen LogP contribution in [0.15, 0.2) is 60.7 Å². The molecule has 0 fully saturated rings. The summed E-state index contributed by atoms with van der Waals surface area (Å²) in [5.41, 5.74) is 3.39. The number of amides is 1. The van der Waals surface area contributed by atoms with Crippen LogP contribution in [0.4, 0.5) is 5.69 Å². The number of hydrogen-bond acceptors (Lipinski definition) is 3. The highest BCUT2D eigenvalue weighted by molar-refractivity contribution is 6.03. The Morgan fingerprint density at radius 1 is 1.13 bits per heavy atom. The SMILES string of the molecule is Cn1nc(C(=O)Nc2ccc(C#N)cc2)cc1-c1ccccc1. The average Bonchev–Trinajstić information content (AvgIpc) is 2.98. The second kappa shape index (κ2) is 6.16. The lowest BCUT2D eigenvalue weighted by atomic mass is 10.1. The molecule has 0 atom stereocenters. The van der Waals surface area contributed by atoms with E-state index in [-0.39, 0.29) is 5.91 Å². The Morgan fingerprint density at radius 3 is 2.48 bits per heavy atom. The minimum Gasteiger partial charge on any atom is -0.321 e. The maximum absolute atomic E-state index is 12.3. The van der Waals surface area contributed by atoms with Crippen molar-refractivity contribution in [1.29, 1.82) is 5.26 Å². The van der Waals surface area contributed by atoms with E-state index in [1.54, 1.807) is 42.1 Å². The van der Waals surface area contributed by atoms with Crippen molar-refractivity contribution in [3.05, 3.63) is 71.9 Å². The van der Waals surface area contributed by atoms with Gasteiger partial charge in [0.2, 0.25) is 0 Å². The molecule has 3 aromatic rings. The second-order valence-corrected chi connectivity index (χ2v) is 5.05. The number of aromatic nitrogens is 2. The van der Waals surface area contributed by atoms with Crippen LogP contribution in [0.2, 0.25) is 0 Å². The number of carbonyl (C=O) groups excluding carboxylic acids is 1. The Balaban J connectivity index is 1.82. The molecule has 2 aromatic carbocycles. The number of nitriles is 1. The monoisotopic (exact) mass is 302 g/mol. The summed E-state index contributed by atoms with van der Waals surface area (Å²) in [6.07, 6.45) is 0. The number of hydrogen-bond donors (Lipinski definition) is 1. The Bertz CT molecular complexity index is 874. The summed E-state index contributed by atoms with van der Waals surface area (Å²) < 4.78 is 1.68. The number of anilines is 1. The third kappa shape index (κ3) is 3.11. The summed E-state index contributed by atoms with van der Waals surface area (Å²) >= 11 is 0. The van der Waals surface area contributed by atoms with Crippen LogP contribution in [0.3, 0.4) is 0 Å². The van der Waals surface area contributed by atoms with Gasteiger partial charge in [-0.15, -0.1) is 0 Å². The molecule has 0 unspecified atom stereocenters. The van der Waals surface area contributed by atoms with E-state index in [4.69, 9.17) is 5.26 Å². The van der Waals surface area contributed by atoms with E-state index in [9.17, 15) is 4.79 Å². The van der Waals surface area contributed by atoms with E-state index in [1.807, 2.05) is 36.4 Å². The lowest BCUT2D eigenvalue weighted by molar-refractivity contribution is 0.102. The van der Waals surface area contributed by atoms with Crippen molar-refractivity contribution < 1.29 is 4.79 Å². The number of nitrogens with one attached hydrogen (secondary N) is 1. The Kier molecular flexibility index (Phi) is 3.89. The summed E-state index contributed by atoms with van der Waals surface area (Å²) in [7, 11) is 1.81. The van der Waals surface area contributed by atoms with E-state index in [0.717, 1.165) is 11.3 Å². The lowest BCUT2D eigenvalue weighted by Gasteiger charge is -2.02. The van der Waals surface area contributed by atoms with Crippen molar-refractivity contribution in [3.8, 4) is 17.3 Å². The van der Waals surface area contributed by atoms with Crippen LogP contribution in [0.5, 0.6) is 0 Å². The van der Waals surface area contributed by atoms with Gasteiger partial charge in [0.05, 0.1) is 17.3 Å². The maximum atomic E-state index is 12.3. The number of carbonyl (C=O) groups is 1. The van der Waals surface area contributed by atoms with Crippen molar-refractivity contribution in [2.75, 3.05) is 5.32 Å². The molecule has 23 heavy (non-hydrogen) atoms. The van der Waals surface area contributed by atoms with Gasteiger partial charge in [0.25, 0.3) is 5.91 Å². The van der Waals surface area contributed by atoms with E-state index >= 15 is 0 Å². The highest BCUT2D eigenvalue weighted by Crippen LogP contribution is 2.20. The van der Waals surface area contributed by atoms with Crippen molar-refractivity contribution in [2.45, 2.75) is 0 Å². The van der Waals surface area contributed by atoms with Crippen LogP contribution in [0.25, 0.3) is 11.3 Å². The third-order valence-corrected chi connectivity index (χ3v) is 3.45. The van der Waals surface area contributed by atoms with Crippen molar-refractivity contribution in [1.82, 2.24) is 9.78 Å². The van der Waals surface area contributed by atoms with Crippen molar-refractivity contribution >= 4 is 11.6 Å². The predicted molar refractivity (Wildman–Crippen MR) is 87.8 cm³/mol. The van der Waals surface area contributed by atoms with Crippen LogP contribution >= 0.6 is 0 Å². The van der Waals surface area contributed by atoms with Gasteiger partial charge in [-0.1, -0.05) is 30.3 Å². The summed E-state index contributed by atoms with van der Waals surface area (Å²) in [6, 6.07) is 20.3. The molecule has 1 N–H and O–H groups in total. The molecule has 0 aliphatic rings.